The standard InChI is InChI=1S/C25H26N2O10/c1-13-4-6-14(7-5-13)15-8-16(22(32)26-18(11-20(28)29)24(34)36-2)10-17(9-15)23(33)27-19(12-21(30)31)25(35)37-3/h4-10,18-19H,11-12H2,1-3H3,(H,26,32)(H,27,33)(H,28,29)(H,30,31)/t18-,19-/m0/s1. The molecule has 0 aromatic heterocycles. The van der Waals surface area contributed by atoms with Crippen LogP contribution in [-0.4, -0.2) is 72.2 Å². The minimum Gasteiger partial charge on any atom is -0.481 e. The number of aliphatic carboxylic acids is 2. The van der Waals surface area contributed by atoms with E-state index < -0.39 is 60.6 Å². The predicted molar refractivity (Wildman–Crippen MR) is 128 cm³/mol. The molecule has 0 radical (unpaired) electrons. The van der Waals surface area contributed by atoms with Gasteiger partial charge in [-0.15, -0.1) is 0 Å². The van der Waals surface area contributed by atoms with Gasteiger partial charge in [-0.05, 0) is 36.2 Å². The summed E-state index contributed by atoms with van der Waals surface area (Å²) in [6.07, 6.45) is -1.47. The fraction of sp³-hybridized carbons (Fsp3) is 0.280. The summed E-state index contributed by atoms with van der Waals surface area (Å²) >= 11 is 0. The molecule has 0 heterocycles. The molecule has 0 aliphatic rings. The molecular formula is C25H26N2O10. The number of rotatable bonds is 11. The van der Waals surface area contributed by atoms with E-state index >= 15 is 0 Å². The molecule has 0 aliphatic carbocycles. The summed E-state index contributed by atoms with van der Waals surface area (Å²) < 4.78 is 9.10. The topological polar surface area (TPSA) is 185 Å². The lowest BCUT2D eigenvalue weighted by atomic mass is 9.97. The van der Waals surface area contributed by atoms with Crippen molar-refractivity contribution >= 4 is 35.7 Å². The van der Waals surface area contributed by atoms with Crippen molar-refractivity contribution in [1.29, 1.82) is 0 Å². The van der Waals surface area contributed by atoms with Gasteiger partial charge in [0, 0.05) is 11.1 Å². The lowest BCUT2D eigenvalue weighted by molar-refractivity contribution is -0.147. The molecular weight excluding hydrogens is 488 g/mol. The van der Waals surface area contributed by atoms with Crippen molar-refractivity contribution in [1.82, 2.24) is 10.6 Å². The quantitative estimate of drug-likeness (QED) is 0.317. The van der Waals surface area contributed by atoms with Crippen molar-refractivity contribution < 1.29 is 48.5 Å². The fourth-order valence-electron chi connectivity index (χ4n) is 3.31. The Morgan fingerprint density at radius 3 is 1.46 bits per heavy atom. The number of amides is 2. The van der Waals surface area contributed by atoms with Gasteiger partial charge in [-0.1, -0.05) is 29.8 Å². The number of nitrogens with one attached hydrogen (secondary N) is 2. The maximum atomic E-state index is 13.0. The Labute approximate surface area is 211 Å². The highest BCUT2D eigenvalue weighted by molar-refractivity contribution is 6.03. The largest absolute Gasteiger partial charge is 0.481 e. The van der Waals surface area contributed by atoms with Gasteiger partial charge in [0.05, 0.1) is 27.1 Å². The number of benzene rings is 2. The molecule has 0 fully saturated rings. The minimum atomic E-state index is -1.49. The summed E-state index contributed by atoms with van der Waals surface area (Å²) in [6, 6.07) is 8.15. The van der Waals surface area contributed by atoms with E-state index in [0.29, 0.717) is 11.1 Å². The van der Waals surface area contributed by atoms with Crippen LogP contribution in [0.4, 0.5) is 0 Å². The molecule has 0 saturated carbocycles. The Morgan fingerprint density at radius 2 is 1.11 bits per heavy atom. The highest BCUT2D eigenvalue weighted by atomic mass is 16.5. The molecule has 0 unspecified atom stereocenters. The molecule has 0 bridgehead atoms. The van der Waals surface area contributed by atoms with Gasteiger partial charge in [0.25, 0.3) is 11.8 Å². The van der Waals surface area contributed by atoms with Crippen LogP contribution in [-0.2, 0) is 28.7 Å². The number of ether oxygens (including phenoxy) is 2. The van der Waals surface area contributed by atoms with Crippen LogP contribution < -0.4 is 10.6 Å². The first-order chi connectivity index (χ1) is 17.4. The summed E-state index contributed by atoms with van der Waals surface area (Å²) in [6.45, 7) is 1.87. The van der Waals surface area contributed by atoms with Crippen LogP contribution in [0.1, 0.15) is 39.1 Å². The molecule has 196 valence electrons. The zero-order valence-electron chi connectivity index (χ0n) is 20.3. The molecule has 4 N–H and O–H groups in total. The zero-order valence-corrected chi connectivity index (χ0v) is 20.3. The minimum absolute atomic E-state index is 0.102. The van der Waals surface area contributed by atoms with E-state index in [2.05, 4.69) is 20.1 Å². The van der Waals surface area contributed by atoms with Crippen LogP contribution >= 0.6 is 0 Å². The molecule has 0 aliphatic heterocycles. The number of hydrogen-bond acceptors (Lipinski definition) is 8. The lowest BCUT2D eigenvalue weighted by Gasteiger charge is -2.17. The second-order valence-corrected chi connectivity index (χ2v) is 7.96. The van der Waals surface area contributed by atoms with Crippen LogP contribution in [0.15, 0.2) is 42.5 Å². The monoisotopic (exact) mass is 514 g/mol. The summed E-state index contributed by atoms with van der Waals surface area (Å²) in [7, 11) is 2.08. The molecule has 2 aromatic rings. The summed E-state index contributed by atoms with van der Waals surface area (Å²) in [5, 5.41) is 22.7. The number of carboxylic acid groups (broad SMARTS) is 2. The van der Waals surface area contributed by atoms with E-state index in [4.69, 9.17) is 10.2 Å². The van der Waals surface area contributed by atoms with E-state index in [1.54, 1.807) is 12.1 Å². The van der Waals surface area contributed by atoms with Crippen molar-refractivity contribution in [3.8, 4) is 11.1 Å². The van der Waals surface area contributed by atoms with E-state index in [1.807, 2.05) is 19.1 Å². The van der Waals surface area contributed by atoms with Crippen molar-refractivity contribution in [2.24, 2.45) is 0 Å². The maximum Gasteiger partial charge on any atom is 0.328 e. The Kier molecular flexibility index (Phi) is 9.87. The molecule has 0 saturated heterocycles. The van der Waals surface area contributed by atoms with E-state index in [9.17, 15) is 28.8 Å². The van der Waals surface area contributed by atoms with Crippen molar-refractivity contribution in [3.63, 3.8) is 0 Å². The summed E-state index contributed by atoms with van der Waals surface area (Å²) in [5.74, 6) is -6.38. The number of aryl methyl sites for hydroxylation is 1. The van der Waals surface area contributed by atoms with Gasteiger partial charge >= 0.3 is 23.9 Å². The molecule has 2 aromatic carbocycles. The van der Waals surface area contributed by atoms with Gasteiger partial charge in [-0.2, -0.15) is 0 Å². The molecule has 2 rings (SSSR count). The third-order valence-corrected chi connectivity index (χ3v) is 5.18. The molecule has 37 heavy (non-hydrogen) atoms. The van der Waals surface area contributed by atoms with Gasteiger partial charge < -0.3 is 30.3 Å². The van der Waals surface area contributed by atoms with Crippen molar-refractivity contribution in [2.75, 3.05) is 14.2 Å². The van der Waals surface area contributed by atoms with E-state index in [1.165, 1.54) is 12.1 Å². The SMILES string of the molecule is COC(=O)[C@H](CC(=O)O)NC(=O)c1cc(C(=O)N[C@@H](CC(=O)O)C(=O)OC)cc(-c2ccc(C)cc2)c1. The van der Waals surface area contributed by atoms with Gasteiger partial charge in [-0.3, -0.25) is 19.2 Å². The molecule has 0 spiro atoms. The van der Waals surface area contributed by atoms with Gasteiger partial charge in [0.15, 0.2) is 0 Å². The van der Waals surface area contributed by atoms with Crippen LogP contribution in [0.25, 0.3) is 11.1 Å². The number of methoxy groups -OCH3 is 2. The highest BCUT2D eigenvalue weighted by Crippen LogP contribution is 2.24. The highest BCUT2D eigenvalue weighted by Gasteiger charge is 2.27. The third kappa shape index (κ3) is 8.16. The summed E-state index contributed by atoms with van der Waals surface area (Å²) in [4.78, 5) is 72.2. The van der Waals surface area contributed by atoms with Crippen LogP contribution in [0.3, 0.4) is 0 Å². The zero-order chi connectivity index (χ0) is 27.7. The fourth-order valence-corrected chi connectivity index (χ4v) is 3.31. The smallest absolute Gasteiger partial charge is 0.328 e. The summed E-state index contributed by atoms with van der Waals surface area (Å²) in [5.41, 5.74) is 1.79. The number of carbonyl (C=O) groups is 6. The molecule has 2 atom stereocenters. The first-order valence-electron chi connectivity index (χ1n) is 10.9. The number of carbonyl (C=O) groups excluding carboxylic acids is 4. The predicted octanol–water partition coefficient (Wildman–Crippen LogP) is 1.15. The van der Waals surface area contributed by atoms with E-state index in [0.717, 1.165) is 25.8 Å². The van der Waals surface area contributed by atoms with Gasteiger partial charge in [0.2, 0.25) is 0 Å². The van der Waals surface area contributed by atoms with Crippen LogP contribution in [0, 0.1) is 6.92 Å². The third-order valence-electron chi connectivity index (χ3n) is 5.18. The van der Waals surface area contributed by atoms with E-state index in [-0.39, 0.29) is 11.1 Å². The lowest BCUT2D eigenvalue weighted by Crippen LogP contribution is -2.43. The average molecular weight is 514 g/mol. The average Bonchev–Trinajstić information content (AvgIpc) is 2.86. The van der Waals surface area contributed by atoms with Crippen LogP contribution in [0.5, 0.6) is 0 Å². The molecule has 12 heteroatoms. The number of carboxylic acids is 2. The Morgan fingerprint density at radius 1 is 0.703 bits per heavy atom. The molecule has 12 nitrogen and oxygen atoms in total. The molecule has 2 amide bonds. The maximum absolute atomic E-state index is 13.0. The number of hydrogen-bond donors (Lipinski definition) is 4. The second kappa shape index (κ2) is 12.8. The Bertz CT molecular complexity index is 1140. The van der Waals surface area contributed by atoms with Crippen molar-refractivity contribution in [2.45, 2.75) is 31.8 Å². The first-order valence-corrected chi connectivity index (χ1v) is 10.9. The van der Waals surface area contributed by atoms with Gasteiger partial charge in [0.1, 0.15) is 12.1 Å². The van der Waals surface area contributed by atoms with Crippen molar-refractivity contribution in [3.05, 3.63) is 59.2 Å². The number of esters is 2. The first kappa shape index (κ1) is 28.5. The Balaban J connectivity index is 2.50. The normalized spacial score (nSPS) is 12.0. The Hall–Kier alpha value is -4.74. The van der Waals surface area contributed by atoms with Gasteiger partial charge in [-0.25, -0.2) is 9.59 Å². The van der Waals surface area contributed by atoms with Crippen LogP contribution in [0.2, 0.25) is 0 Å². The second-order valence-electron chi connectivity index (χ2n) is 7.96.